The first-order chi connectivity index (χ1) is 17.4. The van der Waals surface area contributed by atoms with E-state index in [9.17, 15) is 14.7 Å². The topological polar surface area (TPSA) is 102 Å². The molecule has 4 aromatic carbocycles. The molecule has 7 heteroatoms. The number of benzene rings is 4. The Morgan fingerprint density at radius 3 is 2.19 bits per heavy atom. The van der Waals surface area contributed by atoms with Crippen molar-refractivity contribution in [2.45, 2.75) is 20.0 Å². The number of hydrogen-bond acceptors (Lipinski definition) is 6. The molecule has 0 amide bonds. The number of hydrogen-bond donors (Lipinski definition) is 2. The summed E-state index contributed by atoms with van der Waals surface area (Å²) in [6.45, 7) is 1.72. The van der Waals surface area contributed by atoms with Crippen molar-refractivity contribution in [2.24, 2.45) is 0 Å². The van der Waals surface area contributed by atoms with Gasteiger partial charge in [-0.3, -0.25) is 5.26 Å². The van der Waals surface area contributed by atoms with Crippen molar-refractivity contribution in [1.82, 2.24) is 0 Å². The minimum Gasteiger partial charge on any atom is -0.478 e. The van der Waals surface area contributed by atoms with Gasteiger partial charge in [-0.25, -0.2) is 14.5 Å². The van der Waals surface area contributed by atoms with Crippen LogP contribution in [0.3, 0.4) is 0 Å². The van der Waals surface area contributed by atoms with Gasteiger partial charge in [-0.1, -0.05) is 54.1 Å². The standard InChI is InChI=1S/C29H24O7/c1-19-7-14-25(28(30)31)26(15-19)29(32)36-24-12-10-23(11-13-24)35-27-17-21(8-9-22(27)18-34-33)16-20-5-3-2-4-6-20/h2-15,17,33H,16,18H2,1H3,(H,30,31). The van der Waals surface area contributed by atoms with Gasteiger partial charge in [-0.15, -0.1) is 0 Å². The minimum absolute atomic E-state index is 0.0216. The first-order valence-corrected chi connectivity index (χ1v) is 11.2. The molecule has 0 saturated carbocycles. The predicted octanol–water partition coefficient (Wildman–Crippen LogP) is 6.29. The highest BCUT2D eigenvalue weighted by Crippen LogP contribution is 2.30. The Kier molecular flexibility index (Phi) is 7.75. The number of ether oxygens (including phenoxy) is 2. The monoisotopic (exact) mass is 484 g/mol. The zero-order valence-corrected chi connectivity index (χ0v) is 19.5. The van der Waals surface area contributed by atoms with Crippen molar-refractivity contribution < 1.29 is 34.3 Å². The highest BCUT2D eigenvalue weighted by molar-refractivity contribution is 6.03. The average molecular weight is 485 g/mol. The Hall–Kier alpha value is -4.46. The van der Waals surface area contributed by atoms with Crippen molar-refractivity contribution in [3.05, 3.63) is 124 Å². The Balaban J connectivity index is 1.50. The van der Waals surface area contributed by atoms with Crippen molar-refractivity contribution in [3.63, 3.8) is 0 Å². The predicted molar refractivity (Wildman–Crippen MR) is 133 cm³/mol. The molecular weight excluding hydrogens is 460 g/mol. The van der Waals surface area contributed by atoms with Crippen LogP contribution < -0.4 is 9.47 Å². The molecule has 0 saturated heterocycles. The molecule has 0 aromatic heterocycles. The van der Waals surface area contributed by atoms with Crippen LogP contribution in [0.4, 0.5) is 0 Å². The van der Waals surface area contributed by atoms with E-state index >= 15 is 0 Å². The number of carboxylic acid groups (broad SMARTS) is 1. The van der Waals surface area contributed by atoms with E-state index in [0.717, 1.165) is 16.7 Å². The average Bonchev–Trinajstić information content (AvgIpc) is 2.87. The van der Waals surface area contributed by atoms with E-state index in [1.54, 1.807) is 37.3 Å². The number of carbonyl (C=O) groups excluding carboxylic acids is 1. The third kappa shape index (κ3) is 6.15. The maximum Gasteiger partial charge on any atom is 0.344 e. The third-order valence-electron chi connectivity index (χ3n) is 5.49. The molecule has 182 valence electrons. The summed E-state index contributed by atoms with van der Waals surface area (Å²) in [5.74, 6) is -0.730. The van der Waals surface area contributed by atoms with E-state index in [1.165, 1.54) is 12.1 Å². The lowest BCUT2D eigenvalue weighted by Crippen LogP contribution is -2.14. The van der Waals surface area contributed by atoms with Crippen molar-refractivity contribution in [3.8, 4) is 17.2 Å². The maximum absolute atomic E-state index is 12.6. The summed E-state index contributed by atoms with van der Waals surface area (Å²) in [6.07, 6.45) is 0.712. The van der Waals surface area contributed by atoms with Crippen LogP contribution in [0.15, 0.2) is 91.0 Å². The van der Waals surface area contributed by atoms with E-state index in [0.29, 0.717) is 23.5 Å². The fraction of sp³-hybridized carbons (Fsp3) is 0.103. The summed E-state index contributed by atoms with van der Waals surface area (Å²) < 4.78 is 11.4. The van der Waals surface area contributed by atoms with Gasteiger partial charge in [0.2, 0.25) is 0 Å². The molecule has 0 fully saturated rings. The van der Waals surface area contributed by atoms with Gasteiger partial charge < -0.3 is 14.6 Å². The van der Waals surface area contributed by atoms with Gasteiger partial charge in [-0.2, -0.15) is 0 Å². The van der Waals surface area contributed by atoms with E-state index in [2.05, 4.69) is 4.89 Å². The van der Waals surface area contributed by atoms with Gasteiger partial charge in [0.1, 0.15) is 23.9 Å². The molecule has 4 rings (SSSR count). The maximum atomic E-state index is 12.6. The van der Waals surface area contributed by atoms with Crippen molar-refractivity contribution in [2.75, 3.05) is 0 Å². The van der Waals surface area contributed by atoms with E-state index in [4.69, 9.17) is 14.7 Å². The van der Waals surface area contributed by atoms with Crippen LogP contribution >= 0.6 is 0 Å². The lowest BCUT2D eigenvalue weighted by molar-refractivity contribution is -0.253. The largest absolute Gasteiger partial charge is 0.478 e. The molecule has 36 heavy (non-hydrogen) atoms. The van der Waals surface area contributed by atoms with E-state index < -0.39 is 11.9 Å². The number of aryl methyl sites for hydroxylation is 1. The second-order valence-corrected chi connectivity index (χ2v) is 8.20. The first kappa shape index (κ1) is 24.7. The number of rotatable bonds is 9. The first-order valence-electron chi connectivity index (χ1n) is 11.2. The molecule has 0 unspecified atom stereocenters. The Morgan fingerprint density at radius 2 is 1.50 bits per heavy atom. The second kappa shape index (κ2) is 11.3. The smallest absolute Gasteiger partial charge is 0.344 e. The number of aromatic carboxylic acids is 1. The normalized spacial score (nSPS) is 10.6. The summed E-state index contributed by atoms with van der Waals surface area (Å²) in [7, 11) is 0. The fourth-order valence-electron chi connectivity index (χ4n) is 3.70. The number of carbonyl (C=O) groups is 2. The minimum atomic E-state index is -1.21. The highest BCUT2D eigenvalue weighted by atomic mass is 17.1. The summed E-state index contributed by atoms with van der Waals surface area (Å²) >= 11 is 0. The summed E-state index contributed by atoms with van der Waals surface area (Å²) in [4.78, 5) is 28.4. The fourth-order valence-corrected chi connectivity index (χ4v) is 3.70. The number of carboxylic acids is 1. The second-order valence-electron chi connectivity index (χ2n) is 8.20. The van der Waals surface area contributed by atoms with Crippen molar-refractivity contribution in [1.29, 1.82) is 0 Å². The quantitative estimate of drug-likeness (QED) is 0.125. The zero-order valence-electron chi connectivity index (χ0n) is 19.5. The Labute approximate surface area is 208 Å². The molecule has 4 aromatic rings. The zero-order chi connectivity index (χ0) is 25.5. The molecule has 0 atom stereocenters. The van der Waals surface area contributed by atoms with Crippen LogP contribution in [-0.2, 0) is 17.9 Å². The molecule has 7 nitrogen and oxygen atoms in total. The Bertz CT molecular complexity index is 1360. The lowest BCUT2D eigenvalue weighted by Gasteiger charge is -2.13. The SMILES string of the molecule is Cc1ccc(C(=O)O)c(C(=O)Oc2ccc(Oc3cc(Cc4ccccc4)ccc3COO)cc2)c1. The van der Waals surface area contributed by atoms with Crippen LogP contribution in [0.5, 0.6) is 17.2 Å². The molecule has 0 aliphatic heterocycles. The Morgan fingerprint density at radius 1 is 0.778 bits per heavy atom. The lowest BCUT2D eigenvalue weighted by atomic mass is 10.0. The van der Waals surface area contributed by atoms with E-state index in [-0.39, 0.29) is 23.5 Å². The summed E-state index contributed by atoms with van der Waals surface area (Å²) in [5.41, 5.74) is 3.43. The summed E-state index contributed by atoms with van der Waals surface area (Å²) in [5, 5.41) is 18.3. The molecule has 2 N–H and O–H groups in total. The third-order valence-corrected chi connectivity index (χ3v) is 5.49. The van der Waals surface area contributed by atoms with Crippen LogP contribution in [0, 0.1) is 6.92 Å². The van der Waals surface area contributed by atoms with Gasteiger partial charge in [0, 0.05) is 5.56 Å². The number of esters is 1. The van der Waals surface area contributed by atoms with Crippen LogP contribution in [0.2, 0.25) is 0 Å². The van der Waals surface area contributed by atoms with Gasteiger partial charge in [0.05, 0.1) is 11.1 Å². The van der Waals surface area contributed by atoms with Gasteiger partial charge in [0.25, 0.3) is 0 Å². The molecule has 0 radical (unpaired) electrons. The molecule has 0 bridgehead atoms. The molecule has 0 spiro atoms. The molecule has 0 heterocycles. The molecule has 0 aliphatic carbocycles. The van der Waals surface area contributed by atoms with Crippen LogP contribution in [-0.4, -0.2) is 22.3 Å². The van der Waals surface area contributed by atoms with Gasteiger partial charge >= 0.3 is 11.9 Å². The van der Waals surface area contributed by atoms with Gasteiger partial charge in [-0.05, 0) is 66.9 Å². The highest BCUT2D eigenvalue weighted by Gasteiger charge is 2.19. The van der Waals surface area contributed by atoms with Crippen molar-refractivity contribution >= 4 is 11.9 Å². The summed E-state index contributed by atoms with van der Waals surface area (Å²) in [6, 6.07) is 26.5. The van der Waals surface area contributed by atoms with Crippen LogP contribution in [0.1, 0.15) is 43.0 Å². The molecule has 0 aliphatic rings. The van der Waals surface area contributed by atoms with Crippen LogP contribution in [0.25, 0.3) is 0 Å². The molecular formula is C29H24O7. The van der Waals surface area contributed by atoms with Gasteiger partial charge in [0.15, 0.2) is 0 Å². The van der Waals surface area contributed by atoms with E-state index in [1.807, 2.05) is 48.5 Å².